The third kappa shape index (κ3) is 3.81. The van der Waals surface area contributed by atoms with Crippen molar-refractivity contribution in [3.05, 3.63) is 30.3 Å². The third-order valence-corrected chi connectivity index (χ3v) is 5.91. The molecule has 17 heavy (non-hydrogen) atoms. The Balaban J connectivity index is 2.04. The maximum Gasteiger partial charge on any atom is -0.00816 e. The highest BCUT2D eigenvalue weighted by atomic mass is 31.1. The summed E-state index contributed by atoms with van der Waals surface area (Å²) < 4.78 is 0. The van der Waals surface area contributed by atoms with E-state index in [0.29, 0.717) is 5.16 Å². The first kappa shape index (κ1) is 13.1. The van der Waals surface area contributed by atoms with Crippen LogP contribution < -0.4 is 5.30 Å². The van der Waals surface area contributed by atoms with Crippen LogP contribution in [0.2, 0.25) is 0 Å². The van der Waals surface area contributed by atoms with Gasteiger partial charge in [-0.1, -0.05) is 77.9 Å². The van der Waals surface area contributed by atoms with E-state index in [1.807, 2.05) is 0 Å². The molecule has 0 N–H and O–H groups in total. The van der Waals surface area contributed by atoms with Crippen LogP contribution in [-0.4, -0.2) is 5.16 Å². The summed E-state index contributed by atoms with van der Waals surface area (Å²) in [7, 11) is 1.03. The van der Waals surface area contributed by atoms with E-state index in [9.17, 15) is 0 Å². The second-order valence-electron chi connectivity index (χ2n) is 5.44. The van der Waals surface area contributed by atoms with E-state index in [0.717, 1.165) is 8.58 Å². The van der Waals surface area contributed by atoms with Gasteiger partial charge in [-0.25, -0.2) is 0 Å². The molecule has 1 unspecified atom stereocenters. The SMILES string of the molecule is CCCCC1(Pc2ccccc2)CCCCC1. The van der Waals surface area contributed by atoms with E-state index < -0.39 is 0 Å². The van der Waals surface area contributed by atoms with Crippen LogP contribution >= 0.6 is 8.58 Å². The molecule has 2 rings (SSSR count). The molecular weight excluding hydrogens is 223 g/mol. The number of hydrogen-bond donors (Lipinski definition) is 0. The molecule has 0 aromatic heterocycles. The molecule has 0 aliphatic heterocycles. The van der Waals surface area contributed by atoms with Gasteiger partial charge in [-0.3, -0.25) is 0 Å². The Bertz CT molecular complexity index is 312. The molecule has 0 spiro atoms. The van der Waals surface area contributed by atoms with Crippen molar-refractivity contribution < 1.29 is 0 Å². The number of benzene rings is 1. The summed E-state index contributed by atoms with van der Waals surface area (Å²) in [6.07, 6.45) is 11.6. The largest absolute Gasteiger partial charge is 0.0840 e. The predicted octanol–water partition coefficient (Wildman–Crippen LogP) is 4.88. The van der Waals surface area contributed by atoms with Crippen LogP contribution in [0.1, 0.15) is 58.3 Å². The van der Waals surface area contributed by atoms with Crippen molar-refractivity contribution in [2.75, 3.05) is 0 Å². The zero-order chi connectivity index (χ0) is 12.0. The Morgan fingerprint density at radius 3 is 2.41 bits per heavy atom. The Morgan fingerprint density at radius 1 is 1.06 bits per heavy atom. The van der Waals surface area contributed by atoms with Crippen molar-refractivity contribution in [1.82, 2.24) is 0 Å². The molecule has 0 saturated heterocycles. The lowest BCUT2D eigenvalue weighted by Gasteiger charge is -2.37. The minimum Gasteiger partial charge on any atom is -0.0840 e. The number of rotatable bonds is 5. The molecule has 1 atom stereocenters. The van der Waals surface area contributed by atoms with Crippen LogP contribution in [0.4, 0.5) is 0 Å². The van der Waals surface area contributed by atoms with Gasteiger partial charge in [0.2, 0.25) is 0 Å². The Kier molecular flexibility index (Phi) is 5.04. The first-order valence-corrected chi connectivity index (χ1v) is 8.18. The van der Waals surface area contributed by atoms with Gasteiger partial charge in [-0.05, 0) is 29.7 Å². The second-order valence-corrected chi connectivity index (χ2v) is 7.32. The third-order valence-electron chi connectivity index (χ3n) is 4.00. The topological polar surface area (TPSA) is 0 Å². The predicted molar refractivity (Wildman–Crippen MR) is 79.7 cm³/mol. The van der Waals surface area contributed by atoms with E-state index in [-0.39, 0.29) is 0 Å². The first-order chi connectivity index (χ1) is 8.35. The average Bonchev–Trinajstić information content (AvgIpc) is 2.39. The van der Waals surface area contributed by atoms with Crippen molar-refractivity contribution >= 4 is 13.9 Å². The molecule has 1 aliphatic rings. The monoisotopic (exact) mass is 248 g/mol. The van der Waals surface area contributed by atoms with E-state index in [1.54, 1.807) is 5.30 Å². The van der Waals surface area contributed by atoms with Gasteiger partial charge in [-0.15, -0.1) is 0 Å². The highest BCUT2D eigenvalue weighted by Gasteiger charge is 2.31. The molecule has 94 valence electrons. The van der Waals surface area contributed by atoms with E-state index in [4.69, 9.17) is 0 Å². The number of hydrogen-bond acceptors (Lipinski definition) is 0. The Labute approximate surface area is 108 Å². The van der Waals surface area contributed by atoms with Gasteiger partial charge in [0, 0.05) is 0 Å². The molecule has 1 aliphatic carbocycles. The van der Waals surface area contributed by atoms with E-state index >= 15 is 0 Å². The first-order valence-electron chi connectivity index (χ1n) is 7.18. The molecule has 0 amide bonds. The molecule has 0 heterocycles. The van der Waals surface area contributed by atoms with Crippen LogP contribution in [0.25, 0.3) is 0 Å². The van der Waals surface area contributed by atoms with Crippen LogP contribution in [-0.2, 0) is 0 Å². The fraction of sp³-hybridized carbons (Fsp3) is 0.625. The number of unbranched alkanes of at least 4 members (excludes halogenated alkanes) is 1. The van der Waals surface area contributed by atoms with Gasteiger partial charge in [0.1, 0.15) is 0 Å². The standard InChI is InChI=1S/C16H25P/c1-2-3-12-16(13-8-5-9-14-16)17-15-10-6-4-7-11-15/h4,6-7,10-11,17H,2-3,5,8-9,12-14H2,1H3. The summed E-state index contributed by atoms with van der Waals surface area (Å²) in [5, 5.41) is 2.24. The average molecular weight is 248 g/mol. The van der Waals surface area contributed by atoms with Crippen molar-refractivity contribution in [2.45, 2.75) is 63.4 Å². The lowest BCUT2D eigenvalue weighted by molar-refractivity contribution is 0.367. The maximum absolute atomic E-state index is 2.32. The lowest BCUT2D eigenvalue weighted by Crippen LogP contribution is -2.28. The van der Waals surface area contributed by atoms with Gasteiger partial charge >= 0.3 is 0 Å². The summed E-state index contributed by atoms with van der Waals surface area (Å²) in [6, 6.07) is 11.2. The van der Waals surface area contributed by atoms with Gasteiger partial charge in [0.05, 0.1) is 0 Å². The zero-order valence-electron chi connectivity index (χ0n) is 11.0. The lowest BCUT2D eigenvalue weighted by atomic mass is 9.84. The van der Waals surface area contributed by atoms with Crippen LogP contribution in [0.15, 0.2) is 30.3 Å². The quantitative estimate of drug-likeness (QED) is 0.651. The highest BCUT2D eigenvalue weighted by Crippen LogP contribution is 2.47. The maximum atomic E-state index is 2.32. The fourth-order valence-electron chi connectivity index (χ4n) is 3.01. The van der Waals surface area contributed by atoms with Gasteiger partial charge in [0.25, 0.3) is 0 Å². The molecule has 1 heteroatoms. The van der Waals surface area contributed by atoms with Gasteiger partial charge in [0.15, 0.2) is 0 Å². The van der Waals surface area contributed by atoms with Gasteiger partial charge < -0.3 is 0 Å². The fourth-order valence-corrected chi connectivity index (χ4v) is 4.89. The smallest absolute Gasteiger partial charge is 0.00816 e. The van der Waals surface area contributed by atoms with Crippen LogP contribution in [0.3, 0.4) is 0 Å². The van der Waals surface area contributed by atoms with Crippen molar-refractivity contribution in [3.63, 3.8) is 0 Å². The van der Waals surface area contributed by atoms with Crippen LogP contribution in [0.5, 0.6) is 0 Å². The summed E-state index contributed by atoms with van der Waals surface area (Å²) in [6.45, 7) is 2.32. The molecule has 1 aromatic carbocycles. The molecule has 1 aromatic rings. The molecular formula is C16H25P. The summed E-state index contributed by atoms with van der Waals surface area (Å²) >= 11 is 0. The normalized spacial score (nSPS) is 19.8. The highest BCUT2D eigenvalue weighted by molar-refractivity contribution is 7.49. The van der Waals surface area contributed by atoms with Crippen molar-refractivity contribution in [3.8, 4) is 0 Å². The minimum atomic E-state index is 0.662. The molecule has 0 bridgehead atoms. The summed E-state index contributed by atoms with van der Waals surface area (Å²) in [5.74, 6) is 0. The Morgan fingerprint density at radius 2 is 1.76 bits per heavy atom. The van der Waals surface area contributed by atoms with Gasteiger partial charge in [-0.2, -0.15) is 0 Å². The second kappa shape index (κ2) is 6.55. The van der Waals surface area contributed by atoms with Crippen LogP contribution in [0, 0.1) is 0 Å². The summed E-state index contributed by atoms with van der Waals surface area (Å²) in [4.78, 5) is 0. The van der Waals surface area contributed by atoms with E-state index in [2.05, 4.69) is 37.3 Å². The minimum absolute atomic E-state index is 0.662. The molecule has 1 fully saturated rings. The Hall–Kier alpha value is -0.350. The van der Waals surface area contributed by atoms with Crippen molar-refractivity contribution in [1.29, 1.82) is 0 Å². The van der Waals surface area contributed by atoms with Crippen molar-refractivity contribution in [2.24, 2.45) is 0 Å². The zero-order valence-corrected chi connectivity index (χ0v) is 12.0. The summed E-state index contributed by atoms with van der Waals surface area (Å²) in [5.41, 5.74) is 0. The molecule has 1 saturated carbocycles. The van der Waals surface area contributed by atoms with E-state index in [1.165, 1.54) is 51.4 Å². The molecule has 0 nitrogen and oxygen atoms in total. The molecule has 0 radical (unpaired) electrons.